The van der Waals surface area contributed by atoms with E-state index in [0.29, 0.717) is 29.0 Å². The first kappa shape index (κ1) is 18.8. The molecule has 1 amide bonds. The number of anilines is 1. The van der Waals surface area contributed by atoms with Gasteiger partial charge in [-0.1, -0.05) is 36.0 Å². The van der Waals surface area contributed by atoms with E-state index in [0.717, 1.165) is 11.3 Å². The van der Waals surface area contributed by atoms with E-state index in [2.05, 4.69) is 15.5 Å². The Bertz CT molecular complexity index is 899. The summed E-state index contributed by atoms with van der Waals surface area (Å²) in [6, 6.07) is 14.9. The predicted octanol–water partition coefficient (Wildman–Crippen LogP) is 3.41. The minimum Gasteiger partial charge on any atom is -0.493 e. The van der Waals surface area contributed by atoms with Gasteiger partial charge in [-0.05, 0) is 29.8 Å². The Labute approximate surface area is 161 Å². The van der Waals surface area contributed by atoms with Crippen molar-refractivity contribution in [2.45, 2.75) is 11.6 Å². The van der Waals surface area contributed by atoms with Crippen molar-refractivity contribution >= 4 is 23.4 Å². The Morgan fingerprint density at radius 3 is 2.59 bits per heavy atom. The first-order valence-electron chi connectivity index (χ1n) is 8.19. The first-order chi connectivity index (χ1) is 13.2. The van der Waals surface area contributed by atoms with Crippen molar-refractivity contribution < 1.29 is 18.7 Å². The Morgan fingerprint density at radius 2 is 1.85 bits per heavy atom. The third-order valence-electron chi connectivity index (χ3n) is 3.64. The van der Waals surface area contributed by atoms with Crippen LogP contribution in [0.15, 0.2) is 58.2 Å². The molecule has 0 bridgehead atoms. The van der Waals surface area contributed by atoms with Gasteiger partial charge in [-0.3, -0.25) is 4.79 Å². The van der Waals surface area contributed by atoms with Crippen molar-refractivity contribution in [3.63, 3.8) is 0 Å². The molecule has 0 radical (unpaired) electrons. The Hall–Kier alpha value is -3.00. The molecule has 0 saturated carbocycles. The number of amides is 1. The van der Waals surface area contributed by atoms with Crippen LogP contribution in [0.5, 0.6) is 11.5 Å². The highest BCUT2D eigenvalue weighted by Gasteiger charge is 2.12. The number of ether oxygens (including phenoxy) is 2. The van der Waals surface area contributed by atoms with Gasteiger partial charge in [-0.15, -0.1) is 10.2 Å². The first-order valence-corrected chi connectivity index (χ1v) is 9.17. The number of nitrogens with one attached hydrogen (secondary N) is 1. The largest absolute Gasteiger partial charge is 0.493 e. The van der Waals surface area contributed by atoms with E-state index >= 15 is 0 Å². The van der Waals surface area contributed by atoms with E-state index in [9.17, 15) is 4.79 Å². The van der Waals surface area contributed by atoms with Gasteiger partial charge in [0.15, 0.2) is 11.5 Å². The molecule has 0 saturated heterocycles. The molecule has 0 atom stereocenters. The van der Waals surface area contributed by atoms with Crippen LogP contribution in [0, 0.1) is 0 Å². The van der Waals surface area contributed by atoms with Crippen molar-refractivity contribution in [2.24, 2.45) is 0 Å². The summed E-state index contributed by atoms with van der Waals surface area (Å²) in [5, 5.41) is 11.2. The average Bonchev–Trinajstić information content (AvgIpc) is 3.14. The standard InChI is InChI=1S/C19H19N3O4S/c1-24-15-9-8-13(10-16(15)25-2)11-18-21-22-19(26-18)27-12-17(23)20-14-6-4-3-5-7-14/h3-10H,11-12H2,1-2H3,(H,20,23). The molecule has 140 valence electrons. The fourth-order valence-corrected chi connectivity index (χ4v) is 2.96. The van der Waals surface area contributed by atoms with Crippen molar-refractivity contribution in [1.82, 2.24) is 10.2 Å². The number of para-hydroxylation sites is 1. The third-order valence-corrected chi connectivity index (χ3v) is 4.45. The SMILES string of the molecule is COc1ccc(Cc2nnc(SCC(=O)Nc3ccccc3)o2)cc1OC. The van der Waals surface area contributed by atoms with Crippen LogP contribution in [-0.2, 0) is 11.2 Å². The van der Waals surface area contributed by atoms with Crippen LogP contribution in [0.1, 0.15) is 11.5 Å². The molecular formula is C19H19N3O4S. The topological polar surface area (TPSA) is 86.5 Å². The van der Waals surface area contributed by atoms with Crippen LogP contribution in [0.3, 0.4) is 0 Å². The highest BCUT2D eigenvalue weighted by atomic mass is 32.2. The molecule has 27 heavy (non-hydrogen) atoms. The number of nitrogens with zero attached hydrogens (tertiary/aromatic N) is 2. The summed E-state index contributed by atoms with van der Waals surface area (Å²) in [6.45, 7) is 0. The molecule has 0 aliphatic carbocycles. The van der Waals surface area contributed by atoms with E-state index < -0.39 is 0 Å². The molecule has 1 heterocycles. The number of benzene rings is 2. The van der Waals surface area contributed by atoms with E-state index in [-0.39, 0.29) is 11.7 Å². The molecule has 2 aromatic carbocycles. The molecule has 3 aromatic rings. The summed E-state index contributed by atoms with van der Waals surface area (Å²) in [4.78, 5) is 12.0. The lowest BCUT2D eigenvalue weighted by molar-refractivity contribution is -0.113. The molecule has 1 aromatic heterocycles. The number of methoxy groups -OCH3 is 2. The maximum Gasteiger partial charge on any atom is 0.277 e. The third kappa shape index (κ3) is 5.24. The maximum atomic E-state index is 12.0. The fourth-order valence-electron chi connectivity index (χ4n) is 2.38. The molecular weight excluding hydrogens is 366 g/mol. The quantitative estimate of drug-likeness (QED) is 0.595. The van der Waals surface area contributed by atoms with Gasteiger partial charge in [-0.25, -0.2) is 0 Å². The van der Waals surface area contributed by atoms with Crippen LogP contribution >= 0.6 is 11.8 Å². The van der Waals surface area contributed by atoms with Gasteiger partial charge in [0.25, 0.3) is 5.22 Å². The molecule has 0 spiro atoms. The fraction of sp³-hybridized carbons (Fsp3) is 0.211. The number of aromatic nitrogens is 2. The second-order valence-electron chi connectivity index (χ2n) is 5.53. The summed E-state index contributed by atoms with van der Waals surface area (Å²) in [5.41, 5.74) is 1.71. The highest BCUT2D eigenvalue weighted by Crippen LogP contribution is 2.28. The Balaban J connectivity index is 1.55. The van der Waals surface area contributed by atoms with Crippen LogP contribution in [0.2, 0.25) is 0 Å². The van der Waals surface area contributed by atoms with Gasteiger partial charge in [0.2, 0.25) is 11.8 Å². The maximum absolute atomic E-state index is 12.0. The van der Waals surface area contributed by atoms with E-state index in [1.807, 2.05) is 48.5 Å². The summed E-state index contributed by atoms with van der Waals surface area (Å²) in [7, 11) is 3.18. The number of rotatable bonds is 8. The van der Waals surface area contributed by atoms with Gasteiger partial charge in [0, 0.05) is 5.69 Å². The zero-order valence-electron chi connectivity index (χ0n) is 15.0. The molecule has 0 aliphatic heterocycles. The zero-order valence-corrected chi connectivity index (χ0v) is 15.8. The lowest BCUT2D eigenvalue weighted by Crippen LogP contribution is -2.13. The number of thioether (sulfide) groups is 1. The molecule has 0 fully saturated rings. The lowest BCUT2D eigenvalue weighted by Gasteiger charge is -2.08. The van der Waals surface area contributed by atoms with Crippen LogP contribution in [0.25, 0.3) is 0 Å². The Morgan fingerprint density at radius 1 is 1.07 bits per heavy atom. The molecule has 8 heteroatoms. The van der Waals surface area contributed by atoms with Crippen molar-refractivity contribution in [3.8, 4) is 11.5 Å². The number of carbonyl (C=O) groups is 1. The van der Waals surface area contributed by atoms with E-state index in [4.69, 9.17) is 13.9 Å². The smallest absolute Gasteiger partial charge is 0.277 e. The molecule has 7 nitrogen and oxygen atoms in total. The number of hydrogen-bond acceptors (Lipinski definition) is 7. The molecule has 3 rings (SSSR count). The lowest BCUT2D eigenvalue weighted by atomic mass is 10.1. The predicted molar refractivity (Wildman–Crippen MR) is 102 cm³/mol. The normalized spacial score (nSPS) is 10.4. The summed E-state index contributed by atoms with van der Waals surface area (Å²) < 4.78 is 16.1. The van der Waals surface area contributed by atoms with Gasteiger partial charge in [-0.2, -0.15) is 0 Å². The number of carbonyl (C=O) groups excluding carboxylic acids is 1. The van der Waals surface area contributed by atoms with Crippen molar-refractivity contribution in [1.29, 1.82) is 0 Å². The van der Waals surface area contributed by atoms with E-state index in [1.54, 1.807) is 14.2 Å². The Kier molecular flexibility index (Phi) is 6.32. The molecule has 0 aliphatic rings. The minimum atomic E-state index is -0.133. The monoisotopic (exact) mass is 385 g/mol. The van der Waals surface area contributed by atoms with Crippen LogP contribution in [0.4, 0.5) is 5.69 Å². The zero-order chi connectivity index (χ0) is 19.1. The minimum absolute atomic E-state index is 0.133. The van der Waals surface area contributed by atoms with Gasteiger partial charge in [0.1, 0.15) is 0 Å². The average molecular weight is 385 g/mol. The molecule has 1 N–H and O–H groups in total. The summed E-state index contributed by atoms with van der Waals surface area (Å²) >= 11 is 1.20. The second-order valence-corrected chi connectivity index (χ2v) is 6.46. The second kappa shape index (κ2) is 9.09. The van der Waals surface area contributed by atoms with Crippen molar-refractivity contribution in [3.05, 3.63) is 60.0 Å². The summed E-state index contributed by atoms with van der Waals surface area (Å²) in [6.07, 6.45) is 0.462. The van der Waals surface area contributed by atoms with E-state index in [1.165, 1.54) is 11.8 Å². The highest BCUT2D eigenvalue weighted by molar-refractivity contribution is 7.99. The van der Waals surface area contributed by atoms with Crippen LogP contribution < -0.4 is 14.8 Å². The van der Waals surface area contributed by atoms with Crippen molar-refractivity contribution in [2.75, 3.05) is 25.3 Å². The number of hydrogen-bond donors (Lipinski definition) is 1. The van der Waals surface area contributed by atoms with Gasteiger partial charge >= 0.3 is 0 Å². The van der Waals surface area contributed by atoms with Gasteiger partial charge < -0.3 is 19.2 Å². The van der Waals surface area contributed by atoms with Gasteiger partial charge in [0.05, 0.1) is 26.4 Å². The van der Waals surface area contributed by atoms with Crippen LogP contribution in [-0.4, -0.2) is 36.1 Å². The molecule has 0 unspecified atom stereocenters. The summed E-state index contributed by atoms with van der Waals surface area (Å²) in [5.74, 6) is 1.82.